The first-order chi connectivity index (χ1) is 7.54. The van der Waals surface area contributed by atoms with E-state index in [0.717, 1.165) is 5.56 Å². The maximum atomic E-state index is 7.27. The van der Waals surface area contributed by atoms with Gasteiger partial charge in [0.15, 0.2) is 5.17 Å². The first-order valence-electron chi connectivity index (χ1n) is 4.60. The maximum absolute atomic E-state index is 7.27. The van der Waals surface area contributed by atoms with E-state index in [9.17, 15) is 0 Å². The van der Waals surface area contributed by atoms with Gasteiger partial charge in [-0.05, 0) is 5.56 Å². The van der Waals surface area contributed by atoms with Crippen LogP contribution >= 0.6 is 24.4 Å². The molecule has 16 heavy (non-hydrogen) atoms. The smallest absolute Gasteiger partial charge is 0.151 e. The van der Waals surface area contributed by atoms with Crippen LogP contribution in [0.3, 0.4) is 0 Å². The van der Waals surface area contributed by atoms with Gasteiger partial charge in [-0.25, -0.2) is 0 Å². The molecular weight excluding hydrogens is 240 g/mol. The zero-order chi connectivity index (χ0) is 12.1. The molecule has 6 N–H and O–H groups in total. The van der Waals surface area contributed by atoms with Gasteiger partial charge in [0.05, 0.1) is 0 Å². The largest absolute Gasteiger partial charge is 0.384 e. The quantitative estimate of drug-likeness (QED) is 0.320. The van der Waals surface area contributed by atoms with Gasteiger partial charge in [0, 0.05) is 16.6 Å². The standard InChI is InChI=1S/C10H14N4S2/c11-9(12)7-3-1-6(2-4-7)8(5-15)16-10(13)14/h1-4,8,15H,5H2,(H3,11,12)(H3,13,14). The lowest BCUT2D eigenvalue weighted by Gasteiger charge is -2.13. The Hall–Kier alpha value is -1.14. The summed E-state index contributed by atoms with van der Waals surface area (Å²) >= 11 is 5.49. The molecule has 0 aliphatic carbocycles. The van der Waals surface area contributed by atoms with Crippen LogP contribution < -0.4 is 11.5 Å². The number of nitrogens with one attached hydrogen (secondary N) is 2. The van der Waals surface area contributed by atoms with Crippen molar-refractivity contribution in [2.75, 3.05) is 5.75 Å². The molecule has 0 amide bonds. The van der Waals surface area contributed by atoms with Crippen LogP contribution in [0, 0.1) is 10.8 Å². The summed E-state index contributed by atoms with van der Waals surface area (Å²) in [4.78, 5) is 0. The number of benzene rings is 1. The molecule has 0 fully saturated rings. The Morgan fingerprint density at radius 3 is 2.19 bits per heavy atom. The fourth-order valence-electron chi connectivity index (χ4n) is 1.24. The van der Waals surface area contributed by atoms with E-state index in [1.54, 1.807) is 12.1 Å². The third-order valence-corrected chi connectivity index (χ3v) is 3.62. The van der Waals surface area contributed by atoms with E-state index >= 15 is 0 Å². The van der Waals surface area contributed by atoms with Gasteiger partial charge in [0.1, 0.15) is 5.84 Å². The van der Waals surface area contributed by atoms with Crippen molar-refractivity contribution < 1.29 is 0 Å². The number of amidine groups is 2. The summed E-state index contributed by atoms with van der Waals surface area (Å²) in [5.74, 6) is 0.650. The molecule has 1 unspecified atom stereocenters. The number of hydrogen-bond donors (Lipinski definition) is 5. The molecule has 1 aromatic rings. The van der Waals surface area contributed by atoms with Crippen molar-refractivity contribution in [1.29, 1.82) is 10.8 Å². The lowest BCUT2D eigenvalue weighted by molar-refractivity contribution is 1.13. The van der Waals surface area contributed by atoms with Gasteiger partial charge in [0.2, 0.25) is 0 Å². The Morgan fingerprint density at radius 1 is 1.25 bits per heavy atom. The van der Waals surface area contributed by atoms with Crippen molar-refractivity contribution >= 4 is 35.4 Å². The molecule has 1 atom stereocenters. The molecule has 0 saturated carbocycles. The highest BCUT2D eigenvalue weighted by molar-refractivity contribution is 8.14. The Morgan fingerprint density at radius 2 is 1.81 bits per heavy atom. The van der Waals surface area contributed by atoms with E-state index in [1.807, 2.05) is 12.1 Å². The van der Waals surface area contributed by atoms with Crippen LogP contribution in [0.4, 0.5) is 0 Å². The van der Waals surface area contributed by atoms with Gasteiger partial charge in [-0.3, -0.25) is 10.8 Å². The Labute approximate surface area is 104 Å². The summed E-state index contributed by atoms with van der Waals surface area (Å²) in [5.41, 5.74) is 12.4. The molecule has 1 rings (SSSR count). The van der Waals surface area contributed by atoms with Crippen molar-refractivity contribution in [2.45, 2.75) is 5.25 Å². The molecule has 0 radical (unpaired) electrons. The number of nitrogens with two attached hydrogens (primary N) is 2. The molecule has 0 saturated heterocycles. The fraction of sp³-hybridized carbons (Fsp3) is 0.200. The number of hydrogen-bond acceptors (Lipinski definition) is 4. The van der Waals surface area contributed by atoms with Crippen LogP contribution in [0.15, 0.2) is 24.3 Å². The summed E-state index contributed by atoms with van der Waals surface area (Å²) in [7, 11) is 0. The number of thiol groups is 1. The van der Waals surface area contributed by atoms with Crippen LogP contribution in [-0.2, 0) is 0 Å². The highest BCUT2D eigenvalue weighted by atomic mass is 32.2. The summed E-state index contributed by atoms with van der Waals surface area (Å²) in [6.45, 7) is 0. The van der Waals surface area contributed by atoms with Crippen molar-refractivity contribution in [3.63, 3.8) is 0 Å². The second kappa shape index (κ2) is 5.81. The van der Waals surface area contributed by atoms with Crippen LogP contribution in [0.2, 0.25) is 0 Å². The molecule has 0 spiro atoms. The number of rotatable bonds is 4. The summed E-state index contributed by atoms with van der Waals surface area (Å²) < 4.78 is 0. The van der Waals surface area contributed by atoms with Gasteiger partial charge in [0.25, 0.3) is 0 Å². The number of thioether (sulfide) groups is 1. The summed E-state index contributed by atoms with van der Waals surface area (Å²) in [5, 5.41) is 14.7. The first-order valence-corrected chi connectivity index (χ1v) is 6.11. The molecular formula is C10H14N4S2. The molecule has 0 aromatic heterocycles. The zero-order valence-corrected chi connectivity index (χ0v) is 10.3. The van der Waals surface area contributed by atoms with E-state index in [0.29, 0.717) is 11.3 Å². The van der Waals surface area contributed by atoms with Crippen LogP contribution in [0.25, 0.3) is 0 Å². The lowest BCUT2D eigenvalue weighted by Crippen LogP contribution is -2.12. The van der Waals surface area contributed by atoms with Crippen LogP contribution in [0.5, 0.6) is 0 Å². The Kier molecular flexibility index (Phi) is 4.70. The monoisotopic (exact) mass is 254 g/mol. The molecule has 86 valence electrons. The van der Waals surface area contributed by atoms with Gasteiger partial charge in [-0.15, -0.1) is 0 Å². The van der Waals surface area contributed by atoms with Crippen molar-refractivity contribution in [1.82, 2.24) is 0 Å². The highest BCUT2D eigenvalue weighted by Gasteiger charge is 2.11. The van der Waals surface area contributed by atoms with E-state index in [-0.39, 0.29) is 16.3 Å². The van der Waals surface area contributed by atoms with Crippen LogP contribution in [0.1, 0.15) is 16.4 Å². The van der Waals surface area contributed by atoms with Gasteiger partial charge in [-0.1, -0.05) is 36.0 Å². The second-order valence-corrected chi connectivity index (χ2v) is 4.80. The SMILES string of the molecule is N=C(N)SC(CS)c1ccc(C(=N)N)cc1. The molecule has 0 aliphatic rings. The predicted molar refractivity (Wildman–Crippen MR) is 73.6 cm³/mol. The normalized spacial score (nSPS) is 12.1. The molecule has 0 bridgehead atoms. The molecule has 4 nitrogen and oxygen atoms in total. The first kappa shape index (κ1) is 12.9. The average Bonchev–Trinajstić information content (AvgIpc) is 2.25. The van der Waals surface area contributed by atoms with Gasteiger partial charge >= 0.3 is 0 Å². The topological polar surface area (TPSA) is 99.7 Å². The number of nitrogen functional groups attached to an aromatic ring is 1. The molecule has 0 heterocycles. The van der Waals surface area contributed by atoms with E-state index in [1.165, 1.54) is 11.8 Å². The summed E-state index contributed by atoms with van der Waals surface area (Å²) in [6, 6.07) is 7.34. The van der Waals surface area contributed by atoms with Crippen molar-refractivity contribution in [2.24, 2.45) is 11.5 Å². The van der Waals surface area contributed by atoms with Crippen LogP contribution in [-0.4, -0.2) is 16.8 Å². The minimum atomic E-state index is 0.0493. The predicted octanol–water partition coefficient (Wildman–Crippen LogP) is 1.57. The fourth-order valence-corrected chi connectivity index (χ4v) is 2.35. The van der Waals surface area contributed by atoms with Gasteiger partial charge < -0.3 is 11.5 Å². The Bertz CT molecular complexity index is 388. The Balaban J connectivity index is 2.86. The third kappa shape index (κ3) is 3.46. The average molecular weight is 254 g/mol. The second-order valence-electron chi connectivity index (χ2n) is 3.19. The maximum Gasteiger partial charge on any atom is 0.151 e. The van der Waals surface area contributed by atoms with E-state index in [4.69, 9.17) is 22.3 Å². The molecule has 6 heteroatoms. The van der Waals surface area contributed by atoms with Crippen molar-refractivity contribution in [3.8, 4) is 0 Å². The summed E-state index contributed by atoms with van der Waals surface area (Å²) in [6.07, 6.45) is 0. The third-order valence-electron chi connectivity index (χ3n) is 2.03. The lowest BCUT2D eigenvalue weighted by atomic mass is 10.1. The minimum Gasteiger partial charge on any atom is -0.384 e. The zero-order valence-electron chi connectivity index (χ0n) is 8.60. The van der Waals surface area contributed by atoms with E-state index < -0.39 is 0 Å². The van der Waals surface area contributed by atoms with Gasteiger partial charge in [-0.2, -0.15) is 12.6 Å². The highest BCUT2D eigenvalue weighted by Crippen LogP contribution is 2.29. The molecule has 0 aliphatic heterocycles. The molecule has 1 aromatic carbocycles. The van der Waals surface area contributed by atoms with E-state index in [2.05, 4.69) is 12.6 Å². The minimum absolute atomic E-state index is 0.0493. The van der Waals surface area contributed by atoms with Crippen molar-refractivity contribution in [3.05, 3.63) is 35.4 Å².